The number of hydrogen-bond donors (Lipinski definition) is 1. The van der Waals surface area contributed by atoms with E-state index in [0.29, 0.717) is 0 Å². The van der Waals surface area contributed by atoms with Gasteiger partial charge in [-0.25, -0.2) is 0 Å². The van der Waals surface area contributed by atoms with Crippen LogP contribution < -0.4 is 5.32 Å². The molecule has 1 rings (SSSR count). The van der Waals surface area contributed by atoms with Gasteiger partial charge in [0.15, 0.2) is 0 Å². The summed E-state index contributed by atoms with van der Waals surface area (Å²) >= 11 is 0. The molecule has 0 aliphatic rings. The molecule has 73 valence electrons. The maximum absolute atomic E-state index is 11.3. The van der Waals surface area contributed by atoms with Crippen LogP contribution in [0.1, 0.15) is 28.4 Å². The lowest BCUT2D eigenvalue weighted by atomic mass is 10.0. The molecule has 0 aromatic heterocycles. The molecule has 3 heteroatoms. The van der Waals surface area contributed by atoms with Crippen LogP contribution in [0.4, 0.5) is 0 Å². The lowest BCUT2D eigenvalue weighted by Gasteiger charge is -2.04. The van der Waals surface area contributed by atoms with E-state index in [1.54, 1.807) is 7.05 Å². The Labute approximate surface area is 87.3 Å². The summed E-state index contributed by atoms with van der Waals surface area (Å²) in [6, 6.07) is 5.94. The maximum atomic E-state index is 11.3. The highest BCUT2D eigenvalue weighted by Gasteiger charge is 2.04. The van der Waals surface area contributed by atoms with Crippen LogP contribution in [-0.2, 0) is 6.42 Å². The van der Waals surface area contributed by atoms with Crippen molar-refractivity contribution in [1.29, 1.82) is 0 Å². The molecule has 1 N–H and O–H groups in total. The van der Waals surface area contributed by atoms with E-state index >= 15 is 0 Å². The standard InChI is InChI=1S/C11H15NO.B/c1-4-9-5-8(2)6-10(7-9)11(13)12-3;/h5-7H,4H2,1-3H3,(H,12,13);. The van der Waals surface area contributed by atoms with E-state index < -0.39 is 0 Å². The van der Waals surface area contributed by atoms with Gasteiger partial charge in [-0.15, -0.1) is 0 Å². The first kappa shape index (κ1) is 12.8. The minimum atomic E-state index is -0.0154. The third-order valence-electron chi connectivity index (χ3n) is 2.03. The normalized spacial score (nSPS) is 9.07. The van der Waals surface area contributed by atoms with Crippen LogP contribution in [0.5, 0.6) is 0 Å². The molecule has 0 unspecified atom stereocenters. The van der Waals surface area contributed by atoms with Gasteiger partial charge in [0, 0.05) is 21.0 Å². The number of aryl methyl sites for hydroxylation is 2. The van der Waals surface area contributed by atoms with Gasteiger partial charge in [-0.05, 0) is 31.0 Å². The van der Waals surface area contributed by atoms with Crippen molar-refractivity contribution in [1.82, 2.24) is 5.32 Å². The molecule has 0 fully saturated rings. The molecule has 0 aliphatic carbocycles. The fourth-order valence-corrected chi connectivity index (χ4v) is 1.34. The van der Waals surface area contributed by atoms with Gasteiger partial charge in [0.25, 0.3) is 5.91 Å². The lowest BCUT2D eigenvalue weighted by molar-refractivity contribution is 0.0963. The van der Waals surface area contributed by atoms with E-state index in [4.69, 9.17) is 0 Å². The fraction of sp³-hybridized carbons (Fsp3) is 0.364. The summed E-state index contributed by atoms with van der Waals surface area (Å²) in [6.07, 6.45) is 0.964. The summed E-state index contributed by atoms with van der Waals surface area (Å²) in [5.74, 6) is -0.0154. The molecule has 0 heterocycles. The van der Waals surface area contributed by atoms with E-state index in [9.17, 15) is 4.79 Å². The Kier molecular flexibility index (Phi) is 4.99. The molecular formula is C11H15BNO. The molecule has 1 aromatic rings. The third kappa shape index (κ3) is 2.91. The lowest BCUT2D eigenvalue weighted by Crippen LogP contribution is -2.18. The highest BCUT2D eigenvalue weighted by molar-refractivity contribution is 5.94. The predicted molar refractivity (Wildman–Crippen MR) is 59.7 cm³/mol. The second-order valence-electron chi connectivity index (χ2n) is 3.14. The van der Waals surface area contributed by atoms with Crippen LogP contribution in [0.3, 0.4) is 0 Å². The van der Waals surface area contributed by atoms with Gasteiger partial charge in [0.05, 0.1) is 0 Å². The SMILES string of the molecule is CCc1cc(C)cc(C(=O)NC)c1.[B]. The summed E-state index contributed by atoms with van der Waals surface area (Å²) in [7, 11) is 1.65. The van der Waals surface area contributed by atoms with E-state index in [0.717, 1.165) is 17.5 Å². The van der Waals surface area contributed by atoms with Crippen molar-refractivity contribution in [3.63, 3.8) is 0 Å². The number of benzene rings is 1. The van der Waals surface area contributed by atoms with Crippen molar-refractivity contribution in [2.75, 3.05) is 7.05 Å². The van der Waals surface area contributed by atoms with Crippen molar-refractivity contribution in [2.45, 2.75) is 20.3 Å². The first-order chi connectivity index (χ1) is 6.17. The van der Waals surface area contributed by atoms with Crippen molar-refractivity contribution in [3.05, 3.63) is 34.9 Å². The van der Waals surface area contributed by atoms with Gasteiger partial charge in [0.2, 0.25) is 0 Å². The number of amides is 1. The van der Waals surface area contributed by atoms with Crippen LogP contribution in [0.25, 0.3) is 0 Å². The summed E-state index contributed by atoms with van der Waals surface area (Å²) in [6.45, 7) is 4.09. The zero-order valence-corrected chi connectivity index (χ0v) is 8.92. The Bertz CT molecular complexity index is 323. The smallest absolute Gasteiger partial charge is 0.251 e. The first-order valence-corrected chi connectivity index (χ1v) is 4.50. The van der Waals surface area contributed by atoms with Gasteiger partial charge < -0.3 is 5.32 Å². The van der Waals surface area contributed by atoms with Gasteiger partial charge in [-0.3, -0.25) is 4.79 Å². The Morgan fingerprint density at radius 1 is 1.36 bits per heavy atom. The average Bonchev–Trinajstić information content (AvgIpc) is 2.15. The fourth-order valence-electron chi connectivity index (χ4n) is 1.34. The number of nitrogens with one attached hydrogen (secondary N) is 1. The molecule has 3 radical (unpaired) electrons. The minimum absolute atomic E-state index is 0. The number of carbonyl (C=O) groups is 1. The molecule has 0 saturated heterocycles. The van der Waals surface area contributed by atoms with Crippen molar-refractivity contribution in [3.8, 4) is 0 Å². The van der Waals surface area contributed by atoms with E-state index in [-0.39, 0.29) is 14.3 Å². The molecular weight excluding hydrogens is 173 g/mol. The van der Waals surface area contributed by atoms with Crippen LogP contribution in [0.2, 0.25) is 0 Å². The molecule has 0 aliphatic heterocycles. The summed E-state index contributed by atoms with van der Waals surface area (Å²) in [5.41, 5.74) is 3.09. The van der Waals surface area contributed by atoms with Gasteiger partial charge in [-0.1, -0.05) is 18.6 Å². The monoisotopic (exact) mass is 188 g/mol. The van der Waals surface area contributed by atoms with Gasteiger partial charge in [-0.2, -0.15) is 0 Å². The highest BCUT2D eigenvalue weighted by Crippen LogP contribution is 2.10. The van der Waals surface area contributed by atoms with E-state index in [1.807, 2.05) is 19.1 Å². The van der Waals surface area contributed by atoms with Gasteiger partial charge in [0.1, 0.15) is 0 Å². The van der Waals surface area contributed by atoms with Crippen molar-refractivity contribution in [2.24, 2.45) is 0 Å². The molecule has 2 nitrogen and oxygen atoms in total. The third-order valence-corrected chi connectivity index (χ3v) is 2.03. The Morgan fingerprint density at radius 2 is 2.00 bits per heavy atom. The first-order valence-electron chi connectivity index (χ1n) is 4.50. The maximum Gasteiger partial charge on any atom is 0.251 e. The number of carbonyl (C=O) groups excluding carboxylic acids is 1. The largest absolute Gasteiger partial charge is 0.355 e. The van der Waals surface area contributed by atoms with Crippen LogP contribution in [-0.4, -0.2) is 21.4 Å². The van der Waals surface area contributed by atoms with Crippen LogP contribution >= 0.6 is 0 Å². The quantitative estimate of drug-likeness (QED) is 0.700. The highest BCUT2D eigenvalue weighted by atomic mass is 16.1. The molecule has 1 aromatic carbocycles. The number of rotatable bonds is 2. The topological polar surface area (TPSA) is 29.1 Å². The van der Waals surface area contributed by atoms with Crippen molar-refractivity contribution < 1.29 is 4.79 Å². The molecule has 1 amide bonds. The van der Waals surface area contributed by atoms with Crippen LogP contribution in [0.15, 0.2) is 18.2 Å². The Balaban J connectivity index is 0.00000169. The summed E-state index contributed by atoms with van der Waals surface area (Å²) in [5, 5.41) is 2.62. The van der Waals surface area contributed by atoms with Crippen molar-refractivity contribution >= 4 is 14.3 Å². The molecule has 0 saturated carbocycles. The molecule has 14 heavy (non-hydrogen) atoms. The average molecular weight is 188 g/mol. The van der Waals surface area contributed by atoms with Gasteiger partial charge >= 0.3 is 0 Å². The molecule has 0 bridgehead atoms. The molecule has 0 spiro atoms. The zero-order valence-electron chi connectivity index (χ0n) is 8.92. The number of hydrogen-bond acceptors (Lipinski definition) is 1. The second kappa shape index (κ2) is 5.48. The minimum Gasteiger partial charge on any atom is -0.355 e. The summed E-state index contributed by atoms with van der Waals surface area (Å²) < 4.78 is 0. The summed E-state index contributed by atoms with van der Waals surface area (Å²) in [4.78, 5) is 11.3. The van der Waals surface area contributed by atoms with E-state index in [1.165, 1.54) is 5.56 Å². The van der Waals surface area contributed by atoms with E-state index in [2.05, 4.69) is 18.3 Å². The molecule has 0 atom stereocenters. The van der Waals surface area contributed by atoms with Crippen LogP contribution in [0, 0.1) is 6.92 Å². The Morgan fingerprint density at radius 3 is 2.50 bits per heavy atom. The second-order valence-corrected chi connectivity index (χ2v) is 3.14. The predicted octanol–water partition coefficient (Wildman–Crippen LogP) is 1.54. The zero-order chi connectivity index (χ0) is 9.84. The Hall–Kier alpha value is -1.25.